The molecule has 1 aromatic rings. The van der Waals surface area contributed by atoms with Crippen molar-refractivity contribution in [1.29, 1.82) is 0 Å². The fraction of sp³-hybridized carbons (Fsp3) is 0.538. The van der Waals surface area contributed by atoms with Crippen molar-refractivity contribution < 1.29 is 14.3 Å². The zero-order valence-electron chi connectivity index (χ0n) is 10.3. The van der Waals surface area contributed by atoms with Crippen LogP contribution in [0.4, 0.5) is 0 Å². The highest BCUT2D eigenvalue weighted by molar-refractivity contribution is 9.11. The monoisotopic (exact) mass is 343 g/mol. The first-order valence-electron chi connectivity index (χ1n) is 6.35. The molecule has 1 atom stereocenters. The van der Waals surface area contributed by atoms with E-state index in [9.17, 15) is 9.59 Å². The van der Waals surface area contributed by atoms with E-state index in [1.807, 2.05) is 11.0 Å². The van der Waals surface area contributed by atoms with E-state index >= 15 is 0 Å². The Morgan fingerprint density at radius 2 is 2.26 bits per heavy atom. The van der Waals surface area contributed by atoms with Crippen LogP contribution in [0.25, 0.3) is 0 Å². The molecule has 1 aliphatic carbocycles. The number of carbonyl (C=O) groups excluding carboxylic acids is 2. The molecule has 2 aliphatic rings. The highest BCUT2D eigenvalue weighted by Gasteiger charge is 2.39. The van der Waals surface area contributed by atoms with Crippen LogP contribution in [0.2, 0.25) is 0 Å². The Morgan fingerprint density at radius 1 is 1.47 bits per heavy atom. The minimum atomic E-state index is -0.298. The molecule has 2 fully saturated rings. The molecule has 6 heteroatoms. The van der Waals surface area contributed by atoms with Gasteiger partial charge < -0.3 is 9.64 Å². The van der Waals surface area contributed by atoms with Crippen molar-refractivity contribution in [2.45, 2.75) is 25.3 Å². The van der Waals surface area contributed by atoms with Crippen molar-refractivity contribution in [2.24, 2.45) is 5.92 Å². The minimum absolute atomic E-state index is 0.153. The van der Waals surface area contributed by atoms with Gasteiger partial charge in [0.15, 0.2) is 0 Å². The van der Waals surface area contributed by atoms with Gasteiger partial charge in [-0.25, -0.2) is 4.79 Å². The standard InChI is InChI=1S/C13H14BrNO3S/c14-11-4-3-10(19-11)13(17)18-7-8-5-12(16)15(6-8)9-1-2-9/h3-4,8-9H,1-2,5-7H2. The van der Waals surface area contributed by atoms with Gasteiger partial charge in [0.05, 0.1) is 10.4 Å². The maximum atomic E-state index is 11.8. The molecule has 1 saturated heterocycles. The molecular formula is C13H14BrNO3S. The van der Waals surface area contributed by atoms with E-state index in [1.165, 1.54) is 11.3 Å². The fourth-order valence-corrected chi connectivity index (χ4v) is 3.63. The van der Waals surface area contributed by atoms with E-state index in [1.54, 1.807) is 6.07 Å². The van der Waals surface area contributed by atoms with Gasteiger partial charge in [-0.1, -0.05) is 0 Å². The number of hydrogen-bond donors (Lipinski definition) is 0. The van der Waals surface area contributed by atoms with Crippen LogP contribution >= 0.6 is 27.3 Å². The molecule has 2 heterocycles. The third kappa shape index (κ3) is 3.00. The fourth-order valence-electron chi connectivity index (χ4n) is 2.35. The number of ether oxygens (including phenoxy) is 1. The number of amides is 1. The second-order valence-electron chi connectivity index (χ2n) is 5.05. The van der Waals surface area contributed by atoms with E-state index < -0.39 is 0 Å². The molecule has 0 bridgehead atoms. The Kier molecular flexibility index (Phi) is 3.62. The van der Waals surface area contributed by atoms with Gasteiger partial charge in [-0.3, -0.25) is 4.79 Å². The first kappa shape index (κ1) is 13.1. The Hall–Kier alpha value is -0.880. The first-order valence-corrected chi connectivity index (χ1v) is 7.96. The Morgan fingerprint density at radius 3 is 2.89 bits per heavy atom. The minimum Gasteiger partial charge on any atom is -0.461 e. The van der Waals surface area contributed by atoms with Gasteiger partial charge in [0.2, 0.25) is 5.91 Å². The Bertz CT molecular complexity index is 512. The van der Waals surface area contributed by atoms with E-state index in [0.29, 0.717) is 23.9 Å². The summed E-state index contributed by atoms with van der Waals surface area (Å²) in [7, 11) is 0. The van der Waals surface area contributed by atoms with Crippen LogP contribution in [0.3, 0.4) is 0 Å². The average Bonchev–Trinajstić information content (AvgIpc) is 3.03. The van der Waals surface area contributed by atoms with Crippen LogP contribution < -0.4 is 0 Å². The summed E-state index contributed by atoms with van der Waals surface area (Å²) < 4.78 is 6.21. The molecule has 0 aromatic carbocycles. The van der Waals surface area contributed by atoms with Crippen LogP contribution in [0, 0.1) is 5.92 Å². The second-order valence-corrected chi connectivity index (χ2v) is 7.51. The van der Waals surface area contributed by atoms with Crippen LogP contribution in [-0.2, 0) is 9.53 Å². The number of esters is 1. The lowest BCUT2D eigenvalue weighted by atomic mass is 10.1. The molecule has 0 N–H and O–H groups in total. The molecule has 4 nitrogen and oxygen atoms in total. The smallest absolute Gasteiger partial charge is 0.348 e. The lowest BCUT2D eigenvalue weighted by Crippen LogP contribution is -2.27. The zero-order valence-corrected chi connectivity index (χ0v) is 12.7. The molecule has 0 radical (unpaired) electrons. The maximum Gasteiger partial charge on any atom is 0.348 e. The summed E-state index contributed by atoms with van der Waals surface area (Å²) in [5, 5.41) is 0. The van der Waals surface area contributed by atoms with Crippen molar-refractivity contribution in [1.82, 2.24) is 4.90 Å². The number of likely N-dealkylation sites (tertiary alicyclic amines) is 1. The molecule has 1 amide bonds. The summed E-state index contributed by atoms with van der Waals surface area (Å²) in [5.41, 5.74) is 0. The molecule has 102 valence electrons. The highest BCUT2D eigenvalue weighted by atomic mass is 79.9. The molecule has 1 aliphatic heterocycles. The van der Waals surface area contributed by atoms with Crippen LogP contribution in [0.5, 0.6) is 0 Å². The summed E-state index contributed by atoms with van der Waals surface area (Å²) in [6.45, 7) is 1.08. The van der Waals surface area contributed by atoms with Crippen molar-refractivity contribution in [2.75, 3.05) is 13.2 Å². The van der Waals surface area contributed by atoms with E-state index in [0.717, 1.165) is 23.2 Å². The number of halogens is 1. The molecule has 19 heavy (non-hydrogen) atoms. The van der Waals surface area contributed by atoms with Crippen molar-refractivity contribution in [3.63, 3.8) is 0 Å². The summed E-state index contributed by atoms with van der Waals surface area (Å²) in [4.78, 5) is 26.1. The largest absolute Gasteiger partial charge is 0.461 e. The lowest BCUT2D eigenvalue weighted by molar-refractivity contribution is -0.128. The van der Waals surface area contributed by atoms with Crippen molar-refractivity contribution in [3.8, 4) is 0 Å². The molecule has 1 aromatic heterocycles. The van der Waals surface area contributed by atoms with E-state index in [4.69, 9.17) is 4.74 Å². The van der Waals surface area contributed by atoms with Crippen molar-refractivity contribution in [3.05, 3.63) is 20.8 Å². The molecule has 0 spiro atoms. The predicted octanol–water partition coefficient (Wildman–Crippen LogP) is 2.68. The SMILES string of the molecule is O=C(OCC1CC(=O)N(C2CC2)C1)c1ccc(Br)s1. The summed E-state index contributed by atoms with van der Waals surface area (Å²) in [5.74, 6) is 0.0656. The molecular weight excluding hydrogens is 330 g/mol. The summed E-state index contributed by atoms with van der Waals surface area (Å²) in [6.07, 6.45) is 2.76. The van der Waals surface area contributed by atoms with Gasteiger partial charge >= 0.3 is 5.97 Å². The van der Waals surface area contributed by atoms with Gasteiger partial charge in [-0.2, -0.15) is 0 Å². The summed E-state index contributed by atoms with van der Waals surface area (Å²) in [6, 6.07) is 4.03. The third-order valence-corrected chi connectivity index (χ3v) is 5.05. The Balaban J connectivity index is 1.50. The molecule has 1 unspecified atom stereocenters. The van der Waals surface area contributed by atoms with E-state index in [2.05, 4.69) is 15.9 Å². The average molecular weight is 344 g/mol. The predicted molar refractivity (Wildman–Crippen MR) is 75.1 cm³/mol. The second kappa shape index (κ2) is 5.25. The number of rotatable bonds is 4. The number of carbonyl (C=O) groups is 2. The first-order chi connectivity index (χ1) is 9.13. The topological polar surface area (TPSA) is 46.6 Å². The summed E-state index contributed by atoms with van der Waals surface area (Å²) >= 11 is 4.67. The lowest BCUT2D eigenvalue weighted by Gasteiger charge is -2.15. The quantitative estimate of drug-likeness (QED) is 0.789. The van der Waals surface area contributed by atoms with Gasteiger partial charge in [0, 0.05) is 24.9 Å². The van der Waals surface area contributed by atoms with Gasteiger partial charge in [0.25, 0.3) is 0 Å². The highest BCUT2D eigenvalue weighted by Crippen LogP contribution is 2.32. The van der Waals surface area contributed by atoms with Crippen LogP contribution in [0.15, 0.2) is 15.9 Å². The van der Waals surface area contributed by atoms with Gasteiger partial charge in [-0.05, 0) is 40.9 Å². The van der Waals surface area contributed by atoms with Crippen LogP contribution in [-0.4, -0.2) is 36.0 Å². The maximum absolute atomic E-state index is 11.8. The van der Waals surface area contributed by atoms with Gasteiger partial charge in [0.1, 0.15) is 4.88 Å². The molecule has 1 saturated carbocycles. The number of nitrogens with zero attached hydrogens (tertiary/aromatic N) is 1. The zero-order chi connectivity index (χ0) is 13.4. The Labute approximate surface area is 123 Å². The van der Waals surface area contributed by atoms with E-state index in [-0.39, 0.29) is 17.8 Å². The molecule has 3 rings (SSSR count). The van der Waals surface area contributed by atoms with Crippen molar-refractivity contribution >= 4 is 39.1 Å². The normalized spacial score (nSPS) is 22.9. The van der Waals surface area contributed by atoms with Gasteiger partial charge in [-0.15, -0.1) is 11.3 Å². The van der Waals surface area contributed by atoms with Crippen LogP contribution in [0.1, 0.15) is 28.9 Å². The third-order valence-electron chi connectivity index (χ3n) is 3.45. The number of thiophene rings is 1. The number of hydrogen-bond acceptors (Lipinski definition) is 4.